The lowest BCUT2D eigenvalue weighted by molar-refractivity contribution is 0.145. The Morgan fingerprint density at radius 3 is 2.67 bits per heavy atom. The fraction of sp³-hybridized carbons (Fsp3) is 0.350. The Bertz CT molecular complexity index is 787. The molecule has 0 aromatic heterocycles. The molecule has 124 valence electrons. The summed E-state index contributed by atoms with van der Waals surface area (Å²) in [5.41, 5.74) is 6.10. The number of hydrogen-bond acceptors (Lipinski definition) is 3. The van der Waals surface area contributed by atoms with Crippen molar-refractivity contribution in [1.29, 1.82) is 0 Å². The van der Waals surface area contributed by atoms with Crippen LogP contribution in [0.5, 0.6) is 0 Å². The van der Waals surface area contributed by atoms with Gasteiger partial charge in [0.25, 0.3) is 0 Å². The Balaban J connectivity index is 1.66. The van der Waals surface area contributed by atoms with Gasteiger partial charge in [-0.15, -0.1) is 0 Å². The summed E-state index contributed by atoms with van der Waals surface area (Å²) in [6, 6.07) is 15.5. The van der Waals surface area contributed by atoms with Crippen LogP contribution in [0.4, 0.5) is 10.5 Å². The molecule has 0 saturated heterocycles. The largest absolute Gasteiger partial charge is 0.449 e. The molecule has 2 aromatic carbocycles. The van der Waals surface area contributed by atoms with Crippen LogP contribution in [0.25, 0.3) is 11.1 Å². The average molecular weight is 322 g/mol. The molecule has 2 aliphatic carbocycles. The molecular weight excluding hydrogens is 300 g/mol. The van der Waals surface area contributed by atoms with Gasteiger partial charge < -0.3 is 15.4 Å². The van der Waals surface area contributed by atoms with E-state index in [2.05, 4.69) is 54.0 Å². The summed E-state index contributed by atoms with van der Waals surface area (Å²) in [5.74, 6) is 0.842. The lowest BCUT2D eigenvalue weighted by Crippen LogP contribution is -2.22. The molecule has 0 radical (unpaired) electrons. The van der Waals surface area contributed by atoms with Crippen LogP contribution < -0.4 is 10.6 Å². The minimum atomic E-state index is -0.387. The van der Waals surface area contributed by atoms with Crippen molar-refractivity contribution in [1.82, 2.24) is 5.32 Å². The lowest BCUT2D eigenvalue weighted by atomic mass is 9.97. The molecule has 2 N–H and O–H groups in total. The van der Waals surface area contributed by atoms with Crippen molar-refractivity contribution in [2.75, 3.05) is 19.0 Å². The number of fused-ring (bicyclic) bond motifs is 3. The van der Waals surface area contributed by atoms with Gasteiger partial charge in [0.1, 0.15) is 6.61 Å². The van der Waals surface area contributed by atoms with Crippen molar-refractivity contribution in [3.8, 4) is 11.1 Å². The van der Waals surface area contributed by atoms with E-state index in [1.165, 1.54) is 28.7 Å². The quantitative estimate of drug-likeness (QED) is 0.895. The summed E-state index contributed by atoms with van der Waals surface area (Å²) in [5, 5.41) is 6.11. The van der Waals surface area contributed by atoms with Gasteiger partial charge in [0.2, 0.25) is 0 Å². The van der Waals surface area contributed by atoms with Crippen LogP contribution in [-0.2, 0) is 4.74 Å². The second-order valence-corrected chi connectivity index (χ2v) is 6.75. The third kappa shape index (κ3) is 2.62. The van der Waals surface area contributed by atoms with Gasteiger partial charge in [-0.25, -0.2) is 4.79 Å². The molecule has 24 heavy (non-hydrogen) atoms. The number of rotatable bonds is 4. The molecule has 4 heteroatoms. The lowest BCUT2D eigenvalue weighted by Gasteiger charge is -2.15. The van der Waals surface area contributed by atoms with E-state index in [1.54, 1.807) is 7.05 Å². The van der Waals surface area contributed by atoms with E-state index in [4.69, 9.17) is 4.74 Å². The topological polar surface area (TPSA) is 50.4 Å². The monoisotopic (exact) mass is 322 g/mol. The van der Waals surface area contributed by atoms with Gasteiger partial charge in [-0.1, -0.05) is 37.3 Å². The first-order chi connectivity index (χ1) is 11.7. The third-order valence-electron chi connectivity index (χ3n) is 5.10. The highest BCUT2D eigenvalue weighted by Crippen LogP contribution is 2.46. The molecule has 0 aliphatic heterocycles. The Morgan fingerprint density at radius 2 is 1.92 bits per heavy atom. The minimum absolute atomic E-state index is 0.0897. The molecule has 3 atom stereocenters. The first-order valence-corrected chi connectivity index (χ1v) is 8.51. The number of ether oxygens (including phenoxy) is 1. The second kappa shape index (κ2) is 5.86. The van der Waals surface area contributed by atoms with Crippen LogP contribution >= 0.6 is 0 Å². The van der Waals surface area contributed by atoms with Crippen molar-refractivity contribution in [3.05, 3.63) is 53.6 Å². The van der Waals surface area contributed by atoms with E-state index in [9.17, 15) is 4.79 Å². The van der Waals surface area contributed by atoms with Gasteiger partial charge in [0.15, 0.2) is 0 Å². The molecule has 2 aliphatic rings. The maximum Gasteiger partial charge on any atom is 0.406 e. The van der Waals surface area contributed by atoms with Gasteiger partial charge in [-0.2, -0.15) is 0 Å². The summed E-state index contributed by atoms with van der Waals surface area (Å²) < 4.78 is 5.37. The van der Waals surface area contributed by atoms with Crippen LogP contribution in [0.2, 0.25) is 0 Å². The van der Waals surface area contributed by atoms with Crippen LogP contribution in [0.1, 0.15) is 30.4 Å². The molecule has 3 unspecified atom stereocenters. The number of carbonyl (C=O) groups excluding carboxylic acids is 1. The predicted octanol–water partition coefficient (Wildman–Crippen LogP) is 3.98. The van der Waals surface area contributed by atoms with Crippen LogP contribution in [0.3, 0.4) is 0 Å². The third-order valence-corrected chi connectivity index (χ3v) is 5.10. The first kappa shape index (κ1) is 15.1. The Morgan fingerprint density at radius 1 is 1.17 bits per heavy atom. The molecule has 1 fully saturated rings. The SMILES string of the molecule is CNC(=O)OCC1c2ccccc2-c2ccc(NC3CC3C)cc21. The van der Waals surface area contributed by atoms with Gasteiger partial charge in [0, 0.05) is 24.7 Å². The van der Waals surface area contributed by atoms with E-state index in [-0.39, 0.29) is 12.0 Å². The minimum Gasteiger partial charge on any atom is -0.449 e. The highest BCUT2D eigenvalue weighted by molar-refractivity contribution is 5.81. The van der Waals surface area contributed by atoms with Gasteiger partial charge >= 0.3 is 6.09 Å². The molecule has 0 heterocycles. The number of anilines is 1. The van der Waals surface area contributed by atoms with E-state index < -0.39 is 0 Å². The number of hydrogen-bond donors (Lipinski definition) is 2. The van der Waals surface area contributed by atoms with Crippen LogP contribution in [-0.4, -0.2) is 25.8 Å². The predicted molar refractivity (Wildman–Crippen MR) is 95.3 cm³/mol. The smallest absolute Gasteiger partial charge is 0.406 e. The maximum atomic E-state index is 11.5. The normalized spacial score (nSPS) is 23.2. The van der Waals surface area contributed by atoms with Crippen molar-refractivity contribution in [2.45, 2.75) is 25.3 Å². The number of benzene rings is 2. The average Bonchev–Trinajstić information content (AvgIpc) is 3.20. The Hall–Kier alpha value is -2.49. The van der Waals surface area contributed by atoms with E-state index in [1.807, 2.05) is 6.07 Å². The van der Waals surface area contributed by atoms with E-state index in [0.717, 1.165) is 11.6 Å². The van der Waals surface area contributed by atoms with E-state index in [0.29, 0.717) is 12.6 Å². The zero-order chi connectivity index (χ0) is 16.7. The van der Waals surface area contributed by atoms with Gasteiger partial charge in [-0.3, -0.25) is 0 Å². The summed E-state index contributed by atoms with van der Waals surface area (Å²) in [6.45, 7) is 2.62. The number of nitrogens with one attached hydrogen (secondary N) is 2. The number of amides is 1. The van der Waals surface area contributed by atoms with Crippen molar-refractivity contribution < 1.29 is 9.53 Å². The van der Waals surface area contributed by atoms with E-state index >= 15 is 0 Å². The highest BCUT2D eigenvalue weighted by Gasteiger charge is 2.33. The molecular formula is C20H22N2O2. The van der Waals surface area contributed by atoms with Gasteiger partial charge in [-0.05, 0) is 46.7 Å². The standard InChI is InChI=1S/C20H22N2O2/c1-12-9-19(12)22-13-7-8-16-14-5-3-4-6-15(14)18(17(16)10-13)11-24-20(23)21-2/h3-8,10,12,18-19,22H,9,11H2,1-2H3,(H,21,23). The van der Waals surface area contributed by atoms with Gasteiger partial charge in [0.05, 0.1) is 0 Å². The zero-order valence-corrected chi connectivity index (χ0v) is 14.0. The van der Waals surface area contributed by atoms with Crippen LogP contribution in [0, 0.1) is 5.92 Å². The highest BCUT2D eigenvalue weighted by atomic mass is 16.5. The first-order valence-electron chi connectivity index (χ1n) is 8.51. The molecule has 0 bridgehead atoms. The molecule has 1 saturated carbocycles. The number of carbonyl (C=O) groups is 1. The Kier molecular flexibility index (Phi) is 3.68. The van der Waals surface area contributed by atoms with Crippen molar-refractivity contribution in [3.63, 3.8) is 0 Å². The fourth-order valence-electron chi connectivity index (χ4n) is 3.55. The van der Waals surface area contributed by atoms with Crippen LogP contribution in [0.15, 0.2) is 42.5 Å². The van der Waals surface area contributed by atoms with Crippen molar-refractivity contribution in [2.24, 2.45) is 5.92 Å². The zero-order valence-electron chi connectivity index (χ0n) is 14.0. The van der Waals surface area contributed by atoms with Crippen molar-refractivity contribution >= 4 is 11.8 Å². The summed E-state index contributed by atoms with van der Waals surface area (Å²) in [6.07, 6.45) is 0.850. The molecule has 2 aromatic rings. The number of alkyl carbamates (subject to hydrolysis) is 1. The molecule has 1 amide bonds. The Labute approximate surface area is 142 Å². The molecule has 4 rings (SSSR count). The fourth-order valence-corrected chi connectivity index (χ4v) is 3.55. The summed E-state index contributed by atoms with van der Waals surface area (Å²) >= 11 is 0. The maximum absolute atomic E-state index is 11.5. The molecule has 4 nitrogen and oxygen atoms in total. The second-order valence-electron chi connectivity index (χ2n) is 6.75. The summed E-state index contributed by atoms with van der Waals surface area (Å²) in [4.78, 5) is 11.5. The summed E-state index contributed by atoms with van der Waals surface area (Å²) in [7, 11) is 1.58. The molecule has 0 spiro atoms.